The normalized spacial score (nSPS) is 19.2. The molecule has 94 valence electrons. The van der Waals surface area contributed by atoms with Crippen LogP contribution in [0.5, 0.6) is 0 Å². The summed E-state index contributed by atoms with van der Waals surface area (Å²) in [6.07, 6.45) is 7.96. The summed E-state index contributed by atoms with van der Waals surface area (Å²) in [6, 6.07) is 0. The Hall–Kier alpha value is -2.11. The van der Waals surface area contributed by atoms with Crippen LogP contribution in [-0.4, -0.2) is 31.6 Å². The summed E-state index contributed by atoms with van der Waals surface area (Å²) in [7, 11) is 1.95. The van der Waals surface area contributed by atoms with Gasteiger partial charge in [0.2, 0.25) is 5.91 Å². The maximum atomic E-state index is 11.2. The Morgan fingerprint density at radius 1 is 1.33 bits per heavy atom. The summed E-state index contributed by atoms with van der Waals surface area (Å²) in [5.41, 5.74) is 0. The minimum atomic E-state index is 0.138. The predicted octanol–water partition coefficient (Wildman–Crippen LogP) is 0.420. The Labute approximate surface area is 105 Å². The summed E-state index contributed by atoms with van der Waals surface area (Å²) in [6.45, 7) is 1.54. The predicted molar refractivity (Wildman–Crippen MR) is 65.5 cm³/mol. The number of nitrogens with one attached hydrogen (secondary N) is 1. The highest BCUT2D eigenvalue weighted by Gasteiger charge is 2.23. The van der Waals surface area contributed by atoms with Crippen LogP contribution < -0.4 is 5.32 Å². The quantitative estimate of drug-likeness (QED) is 0.852. The lowest BCUT2D eigenvalue weighted by atomic mass is 10.1. The fourth-order valence-corrected chi connectivity index (χ4v) is 2.32. The van der Waals surface area contributed by atoms with E-state index in [1.54, 1.807) is 12.4 Å². The lowest BCUT2D eigenvalue weighted by molar-refractivity contribution is -0.119. The number of imidazole rings is 2. The van der Waals surface area contributed by atoms with E-state index in [4.69, 9.17) is 0 Å². The Balaban J connectivity index is 1.84. The molecule has 1 fully saturated rings. The highest BCUT2D eigenvalue weighted by Crippen LogP contribution is 2.18. The second kappa shape index (κ2) is 4.29. The van der Waals surface area contributed by atoms with Crippen LogP contribution in [0.1, 0.15) is 6.42 Å². The second-order valence-electron chi connectivity index (χ2n) is 4.64. The number of carbonyl (C=O) groups excluding carboxylic acids is 1. The van der Waals surface area contributed by atoms with Gasteiger partial charge in [-0.25, -0.2) is 9.97 Å². The zero-order valence-corrected chi connectivity index (χ0v) is 10.2. The van der Waals surface area contributed by atoms with Crippen molar-refractivity contribution in [3.05, 3.63) is 24.8 Å². The van der Waals surface area contributed by atoms with Gasteiger partial charge < -0.3 is 14.5 Å². The molecule has 3 heterocycles. The van der Waals surface area contributed by atoms with Crippen molar-refractivity contribution in [2.45, 2.75) is 13.0 Å². The van der Waals surface area contributed by atoms with E-state index in [2.05, 4.69) is 19.9 Å². The van der Waals surface area contributed by atoms with Crippen molar-refractivity contribution in [2.24, 2.45) is 13.0 Å². The molecule has 6 heteroatoms. The topological polar surface area (TPSA) is 64.7 Å². The molecule has 0 saturated carbocycles. The van der Waals surface area contributed by atoms with Crippen LogP contribution in [-0.2, 0) is 18.4 Å². The van der Waals surface area contributed by atoms with Gasteiger partial charge in [-0.3, -0.25) is 4.79 Å². The van der Waals surface area contributed by atoms with E-state index in [1.165, 1.54) is 0 Å². The number of rotatable bonds is 3. The van der Waals surface area contributed by atoms with E-state index in [-0.39, 0.29) is 5.91 Å². The first kappa shape index (κ1) is 11.0. The monoisotopic (exact) mass is 245 g/mol. The molecule has 0 spiro atoms. The van der Waals surface area contributed by atoms with Crippen LogP contribution in [0.4, 0.5) is 0 Å². The third-order valence-electron chi connectivity index (χ3n) is 3.25. The molecule has 1 saturated heterocycles. The molecular weight excluding hydrogens is 230 g/mol. The van der Waals surface area contributed by atoms with Crippen molar-refractivity contribution in [3.63, 3.8) is 0 Å². The van der Waals surface area contributed by atoms with Gasteiger partial charge in [0.15, 0.2) is 11.6 Å². The highest BCUT2D eigenvalue weighted by atomic mass is 16.1. The molecule has 1 atom stereocenters. The van der Waals surface area contributed by atoms with Gasteiger partial charge in [-0.05, 0) is 0 Å². The molecule has 1 unspecified atom stereocenters. The van der Waals surface area contributed by atoms with Gasteiger partial charge in [-0.15, -0.1) is 0 Å². The molecule has 1 aliphatic heterocycles. The lowest BCUT2D eigenvalue weighted by Gasteiger charge is -2.11. The van der Waals surface area contributed by atoms with Crippen molar-refractivity contribution in [3.8, 4) is 11.6 Å². The summed E-state index contributed by atoms with van der Waals surface area (Å²) < 4.78 is 4.00. The van der Waals surface area contributed by atoms with Gasteiger partial charge >= 0.3 is 0 Å². The SMILES string of the molecule is Cn1ccnc1-c1nccn1CC1CNC(=O)C1. The Morgan fingerprint density at radius 3 is 2.78 bits per heavy atom. The van der Waals surface area contributed by atoms with Gasteiger partial charge in [-0.2, -0.15) is 0 Å². The molecular formula is C12H15N5O. The minimum Gasteiger partial charge on any atom is -0.356 e. The van der Waals surface area contributed by atoms with E-state index < -0.39 is 0 Å². The summed E-state index contributed by atoms with van der Waals surface area (Å²) in [5, 5.41) is 2.85. The first-order chi connectivity index (χ1) is 8.74. The highest BCUT2D eigenvalue weighted by molar-refractivity contribution is 5.78. The Bertz CT molecular complexity index is 571. The van der Waals surface area contributed by atoms with Crippen LogP contribution >= 0.6 is 0 Å². The first-order valence-electron chi connectivity index (χ1n) is 5.99. The number of nitrogens with zero attached hydrogens (tertiary/aromatic N) is 4. The van der Waals surface area contributed by atoms with Gasteiger partial charge in [0.1, 0.15) is 0 Å². The van der Waals surface area contributed by atoms with Crippen LogP contribution in [0.3, 0.4) is 0 Å². The van der Waals surface area contributed by atoms with Crippen molar-refractivity contribution in [1.82, 2.24) is 24.4 Å². The number of aromatic nitrogens is 4. The molecule has 2 aromatic rings. The molecule has 1 aliphatic rings. The van der Waals surface area contributed by atoms with E-state index in [0.717, 1.165) is 24.7 Å². The fourth-order valence-electron chi connectivity index (χ4n) is 2.32. The average molecular weight is 245 g/mol. The lowest BCUT2D eigenvalue weighted by Crippen LogP contribution is -2.16. The molecule has 0 radical (unpaired) electrons. The summed E-state index contributed by atoms with van der Waals surface area (Å²) in [4.78, 5) is 19.9. The maximum Gasteiger partial charge on any atom is 0.220 e. The van der Waals surface area contributed by atoms with Crippen LogP contribution in [0.25, 0.3) is 11.6 Å². The Kier molecular flexibility index (Phi) is 2.62. The maximum absolute atomic E-state index is 11.2. The second-order valence-corrected chi connectivity index (χ2v) is 4.64. The minimum absolute atomic E-state index is 0.138. The summed E-state index contributed by atoms with van der Waals surface area (Å²) >= 11 is 0. The van der Waals surface area contributed by atoms with E-state index in [1.807, 2.05) is 24.0 Å². The molecule has 18 heavy (non-hydrogen) atoms. The van der Waals surface area contributed by atoms with Crippen LogP contribution in [0.2, 0.25) is 0 Å². The number of hydrogen-bond donors (Lipinski definition) is 1. The number of aryl methyl sites for hydroxylation is 1. The van der Waals surface area contributed by atoms with Crippen LogP contribution in [0.15, 0.2) is 24.8 Å². The molecule has 0 aliphatic carbocycles. The van der Waals surface area contributed by atoms with Crippen molar-refractivity contribution < 1.29 is 4.79 Å². The number of carbonyl (C=O) groups is 1. The Morgan fingerprint density at radius 2 is 2.11 bits per heavy atom. The zero-order chi connectivity index (χ0) is 12.5. The van der Waals surface area contributed by atoms with Crippen molar-refractivity contribution >= 4 is 5.91 Å². The standard InChI is InChI=1S/C12H15N5O/c1-16-4-2-13-11(16)12-14-3-5-17(12)8-9-6-10(18)15-7-9/h2-5,9H,6-8H2,1H3,(H,15,18). The van der Waals surface area contributed by atoms with Gasteiger partial charge in [0.05, 0.1) is 0 Å². The largest absolute Gasteiger partial charge is 0.356 e. The van der Waals surface area contributed by atoms with E-state index >= 15 is 0 Å². The van der Waals surface area contributed by atoms with E-state index in [9.17, 15) is 4.79 Å². The van der Waals surface area contributed by atoms with Crippen molar-refractivity contribution in [1.29, 1.82) is 0 Å². The third-order valence-corrected chi connectivity index (χ3v) is 3.25. The zero-order valence-electron chi connectivity index (χ0n) is 10.2. The third kappa shape index (κ3) is 1.90. The smallest absolute Gasteiger partial charge is 0.220 e. The van der Waals surface area contributed by atoms with Crippen molar-refractivity contribution in [2.75, 3.05) is 6.54 Å². The van der Waals surface area contributed by atoms with Crippen LogP contribution in [0, 0.1) is 5.92 Å². The van der Waals surface area contributed by atoms with Gasteiger partial charge in [0.25, 0.3) is 0 Å². The molecule has 0 aromatic carbocycles. The number of hydrogen-bond acceptors (Lipinski definition) is 3. The molecule has 0 bridgehead atoms. The molecule has 1 amide bonds. The van der Waals surface area contributed by atoms with Gasteiger partial charge in [0, 0.05) is 57.3 Å². The number of amides is 1. The molecule has 6 nitrogen and oxygen atoms in total. The summed E-state index contributed by atoms with van der Waals surface area (Å²) in [5.74, 6) is 2.17. The average Bonchev–Trinajstić information content (AvgIpc) is 3.02. The molecule has 2 aromatic heterocycles. The molecule has 3 rings (SSSR count). The molecule has 1 N–H and O–H groups in total. The fraction of sp³-hybridized carbons (Fsp3) is 0.417. The van der Waals surface area contributed by atoms with E-state index in [0.29, 0.717) is 12.3 Å². The van der Waals surface area contributed by atoms with Gasteiger partial charge in [-0.1, -0.05) is 0 Å². The first-order valence-corrected chi connectivity index (χ1v) is 5.99.